The number of aryl methyl sites for hydroxylation is 1. The first-order valence-corrected chi connectivity index (χ1v) is 15.4. The molecular weight excluding hydrogens is 623 g/mol. The molecule has 248 valence electrons. The number of hydrogen-bond donors (Lipinski definition) is 2. The number of likely N-dealkylation sites (tertiary alicyclic amines) is 1. The van der Waals surface area contributed by atoms with E-state index in [0.29, 0.717) is 36.3 Å². The molecule has 1 saturated heterocycles. The van der Waals surface area contributed by atoms with Gasteiger partial charge in [0.25, 0.3) is 11.8 Å². The number of ether oxygens (including phenoxy) is 2. The maximum absolute atomic E-state index is 13.5. The van der Waals surface area contributed by atoms with Crippen molar-refractivity contribution >= 4 is 28.4 Å². The van der Waals surface area contributed by atoms with Crippen LogP contribution in [0.4, 0.5) is 18.9 Å². The molecule has 0 aliphatic carbocycles. The predicted molar refractivity (Wildman–Crippen MR) is 175 cm³/mol. The minimum absolute atomic E-state index is 0.0135. The van der Waals surface area contributed by atoms with Crippen LogP contribution in [0.1, 0.15) is 44.8 Å². The van der Waals surface area contributed by atoms with Gasteiger partial charge >= 0.3 is 6.18 Å². The molecule has 2 aromatic heterocycles. The van der Waals surface area contributed by atoms with Crippen molar-refractivity contribution < 1.29 is 32.2 Å². The second-order valence-corrected chi connectivity index (χ2v) is 11.6. The van der Waals surface area contributed by atoms with Crippen molar-refractivity contribution in [2.24, 2.45) is 7.05 Å². The van der Waals surface area contributed by atoms with E-state index in [9.17, 15) is 22.8 Å². The number of halogens is 3. The summed E-state index contributed by atoms with van der Waals surface area (Å²) in [5, 5.41) is 7.06. The van der Waals surface area contributed by atoms with E-state index >= 15 is 0 Å². The van der Waals surface area contributed by atoms with Crippen molar-refractivity contribution in [1.82, 2.24) is 19.8 Å². The van der Waals surface area contributed by atoms with E-state index in [0.717, 1.165) is 60.3 Å². The van der Waals surface area contributed by atoms with Crippen LogP contribution < -0.4 is 20.1 Å². The van der Waals surface area contributed by atoms with Gasteiger partial charge in [0.2, 0.25) is 5.88 Å². The molecule has 0 unspecified atom stereocenters. The van der Waals surface area contributed by atoms with Crippen molar-refractivity contribution in [3.63, 3.8) is 0 Å². The van der Waals surface area contributed by atoms with Crippen molar-refractivity contribution in [1.29, 1.82) is 0 Å². The van der Waals surface area contributed by atoms with E-state index < -0.39 is 17.6 Å². The van der Waals surface area contributed by atoms with Gasteiger partial charge < -0.3 is 29.6 Å². The fraction of sp³-hybridized carbons (Fsp3) is 0.250. The Balaban J connectivity index is 1.03. The number of benzene rings is 3. The van der Waals surface area contributed by atoms with Gasteiger partial charge in [0.05, 0.1) is 24.6 Å². The maximum Gasteiger partial charge on any atom is 0.416 e. The highest BCUT2D eigenvalue weighted by molar-refractivity contribution is 6.04. The first-order chi connectivity index (χ1) is 23.1. The topological polar surface area (TPSA) is 97.7 Å². The molecule has 12 heteroatoms. The van der Waals surface area contributed by atoms with Crippen LogP contribution in [0.2, 0.25) is 0 Å². The van der Waals surface area contributed by atoms with Gasteiger partial charge in [-0.3, -0.25) is 9.59 Å². The molecule has 48 heavy (non-hydrogen) atoms. The molecular formula is C36H34F3N5O4. The molecule has 1 fully saturated rings. The Morgan fingerprint density at radius 1 is 0.917 bits per heavy atom. The number of anilines is 1. The molecule has 2 amide bonds. The van der Waals surface area contributed by atoms with Crippen LogP contribution >= 0.6 is 0 Å². The number of piperidine rings is 1. The number of fused-ring (bicyclic) bond motifs is 1. The van der Waals surface area contributed by atoms with E-state index in [1.54, 1.807) is 25.3 Å². The third-order valence-electron chi connectivity index (χ3n) is 8.46. The molecule has 3 heterocycles. The largest absolute Gasteiger partial charge is 0.497 e. The number of rotatable bonds is 9. The van der Waals surface area contributed by atoms with Crippen LogP contribution in [0.25, 0.3) is 10.9 Å². The monoisotopic (exact) mass is 657 g/mol. The smallest absolute Gasteiger partial charge is 0.416 e. The molecule has 6 rings (SSSR count). The maximum atomic E-state index is 13.5. The summed E-state index contributed by atoms with van der Waals surface area (Å²) in [5.74, 6) is 1.05. The third kappa shape index (κ3) is 7.44. The van der Waals surface area contributed by atoms with Gasteiger partial charge in [0.15, 0.2) is 0 Å². The van der Waals surface area contributed by atoms with E-state index in [-0.39, 0.29) is 17.4 Å². The molecule has 5 aromatic rings. The number of amides is 2. The Morgan fingerprint density at radius 3 is 2.27 bits per heavy atom. The molecule has 3 aromatic carbocycles. The number of carbonyl (C=O) groups is 2. The minimum atomic E-state index is -4.48. The highest BCUT2D eigenvalue weighted by Gasteiger charge is 2.30. The summed E-state index contributed by atoms with van der Waals surface area (Å²) in [6, 6.07) is 22.8. The second-order valence-electron chi connectivity index (χ2n) is 11.6. The zero-order chi connectivity index (χ0) is 33.8. The van der Waals surface area contributed by atoms with Crippen LogP contribution in [-0.2, 0) is 19.8 Å². The molecule has 0 spiro atoms. The van der Waals surface area contributed by atoms with Gasteiger partial charge in [-0.1, -0.05) is 12.1 Å². The van der Waals surface area contributed by atoms with E-state index in [1.807, 2.05) is 59.0 Å². The summed E-state index contributed by atoms with van der Waals surface area (Å²) in [5.41, 5.74) is 2.27. The summed E-state index contributed by atoms with van der Waals surface area (Å²) >= 11 is 0. The summed E-state index contributed by atoms with van der Waals surface area (Å²) < 4.78 is 51.5. The van der Waals surface area contributed by atoms with Crippen LogP contribution in [0.3, 0.4) is 0 Å². The van der Waals surface area contributed by atoms with E-state index in [4.69, 9.17) is 9.47 Å². The molecule has 0 bridgehead atoms. The quantitative estimate of drug-likeness (QED) is 0.177. The molecule has 9 nitrogen and oxygen atoms in total. The summed E-state index contributed by atoms with van der Waals surface area (Å²) in [6.07, 6.45) is -1.34. The van der Waals surface area contributed by atoms with Crippen molar-refractivity contribution in [3.8, 4) is 17.4 Å². The van der Waals surface area contributed by atoms with Crippen LogP contribution in [0, 0.1) is 0 Å². The van der Waals surface area contributed by atoms with Gasteiger partial charge in [-0.25, -0.2) is 4.98 Å². The van der Waals surface area contributed by atoms with Crippen LogP contribution in [0.15, 0.2) is 91.1 Å². The highest BCUT2D eigenvalue weighted by Crippen LogP contribution is 2.30. The Bertz CT molecular complexity index is 1900. The average Bonchev–Trinajstić information content (AvgIpc) is 3.43. The van der Waals surface area contributed by atoms with Crippen LogP contribution in [-0.4, -0.2) is 52.5 Å². The fourth-order valence-electron chi connectivity index (χ4n) is 5.70. The first kappa shape index (κ1) is 32.6. The number of hydrogen-bond acceptors (Lipinski definition) is 6. The second kappa shape index (κ2) is 13.8. The first-order valence-electron chi connectivity index (χ1n) is 15.4. The fourth-order valence-corrected chi connectivity index (χ4v) is 5.70. The van der Waals surface area contributed by atoms with Crippen molar-refractivity contribution in [2.75, 3.05) is 25.5 Å². The number of nitrogens with zero attached hydrogens (tertiary/aromatic N) is 3. The summed E-state index contributed by atoms with van der Waals surface area (Å²) in [4.78, 5) is 32.1. The lowest BCUT2D eigenvalue weighted by molar-refractivity contribution is -0.137. The summed E-state index contributed by atoms with van der Waals surface area (Å²) in [6.45, 7) is 2.10. The Labute approximate surface area is 275 Å². The van der Waals surface area contributed by atoms with Gasteiger partial charge in [-0.2, -0.15) is 13.2 Å². The Morgan fingerprint density at radius 2 is 1.62 bits per heavy atom. The lowest BCUT2D eigenvalue weighted by atomic mass is 10.0. The number of carbonyl (C=O) groups excluding carboxylic acids is 2. The standard InChI is InChI=1S/C36H34F3N5O4/c1-43-31-13-12-30(48-33-14-9-28(22-41-33)42-34(45)24-5-7-26(8-6-24)36(37,38)39)19-25(31)20-32(43)35(46)44-17-15-27(16-18-44)40-21-23-3-10-29(47-2)11-4-23/h3-14,19-20,22,27,40H,15-18,21H2,1-2H3,(H,42,45). The number of alkyl halides is 3. The minimum Gasteiger partial charge on any atom is -0.497 e. The Hall–Kier alpha value is -5.36. The lowest BCUT2D eigenvalue weighted by Crippen LogP contribution is -2.45. The highest BCUT2D eigenvalue weighted by atomic mass is 19.4. The van der Waals surface area contributed by atoms with Crippen LogP contribution in [0.5, 0.6) is 17.4 Å². The normalized spacial score (nSPS) is 13.8. The molecule has 0 atom stereocenters. The number of aromatic nitrogens is 2. The number of nitrogens with one attached hydrogen (secondary N) is 2. The van der Waals surface area contributed by atoms with Gasteiger partial charge in [0, 0.05) is 55.3 Å². The van der Waals surface area contributed by atoms with E-state index in [2.05, 4.69) is 15.6 Å². The molecule has 1 aliphatic rings. The van der Waals surface area contributed by atoms with E-state index in [1.165, 1.54) is 11.8 Å². The lowest BCUT2D eigenvalue weighted by Gasteiger charge is -2.32. The van der Waals surface area contributed by atoms with Gasteiger partial charge in [-0.05, 0) is 85.1 Å². The zero-order valence-corrected chi connectivity index (χ0v) is 26.4. The van der Waals surface area contributed by atoms with Gasteiger partial charge in [0.1, 0.15) is 17.2 Å². The Kier molecular flexibility index (Phi) is 9.35. The third-order valence-corrected chi connectivity index (χ3v) is 8.46. The summed E-state index contributed by atoms with van der Waals surface area (Å²) in [7, 11) is 3.53. The molecule has 0 radical (unpaired) electrons. The molecule has 1 aliphatic heterocycles. The van der Waals surface area contributed by atoms with Gasteiger partial charge in [-0.15, -0.1) is 0 Å². The predicted octanol–water partition coefficient (Wildman–Crippen LogP) is 7.04. The number of pyridine rings is 1. The average molecular weight is 658 g/mol. The SMILES string of the molecule is COc1ccc(CNC2CCN(C(=O)c3cc4cc(Oc5ccc(NC(=O)c6ccc(C(F)(F)F)cc6)cn5)ccc4n3C)CC2)cc1. The van der Waals surface area contributed by atoms with Crippen molar-refractivity contribution in [3.05, 3.63) is 114 Å². The number of methoxy groups -OCH3 is 1. The van der Waals surface area contributed by atoms with Crippen molar-refractivity contribution in [2.45, 2.75) is 31.6 Å². The molecule has 0 saturated carbocycles. The zero-order valence-electron chi connectivity index (χ0n) is 26.4. The molecule has 2 N–H and O–H groups in total.